The fourth-order valence-corrected chi connectivity index (χ4v) is 2.14. The number of hydrogen-bond donors (Lipinski definition) is 2. The van der Waals surface area contributed by atoms with Gasteiger partial charge in [-0.25, -0.2) is 0 Å². The number of aromatic amines is 1. The molecule has 0 unspecified atom stereocenters. The van der Waals surface area contributed by atoms with E-state index in [1.807, 2.05) is 12.1 Å². The third kappa shape index (κ3) is 3.45. The number of nitrogens with zero attached hydrogens (tertiary/aromatic N) is 2. The molecule has 6 heteroatoms. The number of hydrogen-bond acceptors (Lipinski definition) is 4. The first-order chi connectivity index (χ1) is 9.88. The number of amides is 1. The highest BCUT2D eigenvalue weighted by molar-refractivity contribution is 5.93. The zero-order chi connectivity index (χ0) is 15.6. The van der Waals surface area contributed by atoms with Crippen LogP contribution >= 0.6 is 0 Å². The van der Waals surface area contributed by atoms with E-state index in [1.165, 1.54) is 4.90 Å². The molecule has 0 saturated carbocycles. The molecule has 21 heavy (non-hydrogen) atoms. The fourth-order valence-electron chi connectivity index (χ4n) is 2.14. The van der Waals surface area contributed by atoms with Crippen molar-refractivity contribution in [3.05, 3.63) is 17.7 Å². The Kier molecular flexibility index (Phi) is 4.35. The summed E-state index contributed by atoms with van der Waals surface area (Å²) >= 11 is 0. The summed E-state index contributed by atoms with van der Waals surface area (Å²) in [6, 6.07) is 3.97. The lowest BCUT2D eigenvalue weighted by Gasteiger charge is -2.13. The number of nitrogens with one attached hydrogen (secondary N) is 1. The molecule has 0 bridgehead atoms. The Labute approximate surface area is 124 Å². The van der Waals surface area contributed by atoms with Crippen LogP contribution in [0.1, 0.15) is 19.4 Å². The van der Waals surface area contributed by atoms with Crippen LogP contribution in [0.15, 0.2) is 12.1 Å². The summed E-state index contributed by atoms with van der Waals surface area (Å²) in [7, 11) is 3.40. The summed E-state index contributed by atoms with van der Waals surface area (Å²) in [5, 5.41) is 7.72. The van der Waals surface area contributed by atoms with Gasteiger partial charge in [-0.05, 0) is 30.0 Å². The van der Waals surface area contributed by atoms with Crippen molar-refractivity contribution in [1.82, 2.24) is 15.1 Å². The van der Waals surface area contributed by atoms with Gasteiger partial charge in [0.15, 0.2) is 12.4 Å². The lowest BCUT2D eigenvalue weighted by Crippen LogP contribution is -2.27. The van der Waals surface area contributed by atoms with Gasteiger partial charge in [0.25, 0.3) is 5.91 Å². The van der Waals surface area contributed by atoms with Gasteiger partial charge in [-0.2, -0.15) is 5.10 Å². The Bertz CT molecular complexity index is 646. The molecule has 1 aromatic heterocycles. The van der Waals surface area contributed by atoms with Gasteiger partial charge in [-0.15, -0.1) is 0 Å². The van der Waals surface area contributed by atoms with E-state index in [9.17, 15) is 4.79 Å². The van der Waals surface area contributed by atoms with Gasteiger partial charge in [-0.3, -0.25) is 9.89 Å². The van der Waals surface area contributed by atoms with Crippen molar-refractivity contribution < 1.29 is 9.53 Å². The van der Waals surface area contributed by atoms with E-state index in [-0.39, 0.29) is 12.5 Å². The molecule has 0 aliphatic carbocycles. The van der Waals surface area contributed by atoms with Crippen LogP contribution in [0, 0.1) is 5.92 Å². The normalized spacial score (nSPS) is 11.1. The number of carbonyl (C=O) groups is 1. The smallest absolute Gasteiger partial charge is 0.259 e. The molecule has 2 rings (SSSR count). The van der Waals surface area contributed by atoms with Gasteiger partial charge < -0.3 is 15.4 Å². The summed E-state index contributed by atoms with van der Waals surface area (Å²) < 4.78 is 5.66. The summed E-state index contributed by atoms with van der Waals surface area (Å²) in [6.07, 6.45) is 0.915. The van der Waals surface area contributed by atoms with Crippen LogP contribution in [-0.4, -0.2) is 41.7 Å². The number of fused-ring (bicyclic) bond motifs is 1. The van der Waals surface area contributed by atoms with E-state index in [1.54, 1.807) is 14.1 Å². The maximum Gasteiger partial charge on any atom is 0.259 e. The van der Waals surface area contributed by atoms with Crippen molar-refractivity contribution in [2.24, 2.45) is 5.92 Å². The molecule has 0 aliphatic rings. The second-order valence-electron chi connectivity index (χ2n) is 5.80. The Morgan fingerprint density at radius 1 is 1.43 bits per heavy atom. The molecule has 0 spiro atoms. The lowest BCUT2D eigenvalue weighted by atomic mass is 10.0. The molecule has 0 aliphatic heterocycles. The summed E-state index contributed by atoms with van der Waals surface area (Å²) in [5.74, 6) is 1.48. The highest BCUT2D eigenvalue weighted by atomic mass is 16.5. The minimum atomic E-state index is -0.0927. The van der Waals surface area contributed by atoms with Crippen LogP contribution in [0.3, 0.4) is 0 Å². The van der Waals surface area contributed by atoms with E-state index in [0.717, 1.165) is 22.9 Å². The predicted molar refractivity (Wildman–Crippen MR) is 83.2 cm³/mol. The van der Waals surface area contributed by atoms with Crippen LogP contribution in [0.5, 0.6) is 5.75 Å². The molecule has 1 amide bonds. The van der Waals surface area contributed by atoms with E-state index < -0.39 is 0 Å². The predicted octanol–water partition coefficient (Wildman–Crippen LogP) is 1.81. The number of anilines is 1. The third-order valence-electron chi connectivity index (χ3n) is 3.22. The van der Waals surface area contributed by atoms with E-state index in [2.05, 4.69) is 24.0 Å². The van der Waals surface area contributed by atoms with Crippen molar-refractivity contribution >= 4 is 22.6 Å². The topological polar surface area (TPSA) is 84.2 Å². The molecule has 3 N–H and O–H groups in total. The molecular formula is C15H22N4O2. The van der Waals surface area contributed by atoms with E-state index in [0.29, 0.717) is 17.5 Å². The Hall–Kier alpha value is -2.24. The van der Waals surface area contributed by atoms with Gasteiger partial charge in [0.1, 0.15) is 11.3 Å². The first-order valence-electron chi connectivity index (χ1n) is 6.98. The largest absolute Gasteiger partial charge is 0.481 e. The third-order valence-corrected chi connectivity index (χ3v) is 3.22. The van der Waals surface area contributed by atoms with Gasteiger partial charge in [0, 0.05) is 19.5 Å². The molecule has 6 nitrogen and oxygen atoms in total. The minimum Gasteiger partial charge on any atom is -0.481 e. The van der Waals surface area contributed by atoms with Crippen LogP contribution in [0.4, 0.5) is 5.82 Å². The standard InChI is InChI=1S/C15H22N4O2/c1-9(2)5-10-6-11-14(17-18-15(11)16)12(7-10)21-8-13(20)19(3)4/h6-7,9H,5,8H2,1-4H3,(H3,16,17,18). The molecule has 1 heterocycles. The first-order valence-corrected chi connectivity index (χ1v) is 6.98. The molecule has 0 radical (unpaired) electrons. The van der Waals surface area contributed by atoms with Crippen LogP contribution in [0.25, 0.3) is 10.9 Å². The molecule has 0 saturated heterocycles. The number of likely N-dealkylation sites (N-methyl/N-ethyl adjacent to an activating group) is 1. The highest BCUT2D eigenvalue weighted by Gasteiger charge is 2.13. The number of ether oxygens (including phenoxy) is 1. The number of H-pyrrole nitrogens is 1. The van der Waals surface area contributed by atoms with E-state index >= 15 is 0 Å². The quantitative estimate of drug-likeness (QED) is 0.879. The molecule has 1 aromatic carbocycles. The molecule has 0 atom stereocenters. The van der Waals surface area contributed by atoms with Crippen molar-refractivity contribution in [2.75, 3.05) is 26.4 Å². The average molecular weight is 290 g/mol. The van der Waals surface area contributed by atoms with Crippen LogP contribution in [-0.2, 0) is 11.2 Å². The van der Waals surface area contributed by atoms with Crippen molar-refractivity contribution in [2.45, 2.75) is 20.3 Å². The van der Waals surface area contributed by atoms with Gasteiger partial charge >= 0.3 is 0 Å². The minimum absolute atomic E-state index is 0.00778. The van der Waals surface area contributed by atoms with Crippen molar-refractivity contribution in [3.8, 4) is 5.75 Å². The zero-order valence-corrected chi connectivity index (χ0v) is 12.9. The summed E-state index contributed by atoms with van der Waals surface area (Å²) in [4.78, 5) is 13.2. The van der Waals surface area contributed by atoms with Gasteiger partial charge in [-0.1, -0.05) is 13.8 Å². The second kappa shape index (κ2) is 6.03. The summed E-state index contributed by atoms with van der Waals surface area (Å²) in [5.41, 5.74) is 7.73. The fraction of sp³-hybridized carbons (Fsp3) is 0.467. The second-order valence-corrected chi connectivity index (χ2v) is 5.80. The van der Waals surface area contributed by atoms with Crippen molar-refractivity contribution in [3.63, 3.8) is 0 Å². The average Bonchev–Trinajstić information content (AvgIpc) is 2.77. The Morgan fingerprint density at radius 2 is 2.14 bits per heavy atom. The molecule has 0 fully saturated rings. The van der Waals surface area contributed by atoms with Gasteiger partial charge in [0.05, 0.1) is 0 Å². The Balaban J connectivity index is 2.33. The van der Waals surface area contributed by atoms with Crippen LogP contribution in [0.2, 0.25) is 0 Å². The monoisotopic (exact) mass is 290 g/mol. The van der Waals surface area contributed by atoms with E-state index in [4.69, 9.17) is 10.5 Å². The molecule has 114 valence electrons. The molecule has 2 aromatic rings. The number of nitrogens with two attached hydrogens (primary N) is 1. The molecular weight excluding hydrogens is 268 g/mol. The number of aromatic nitrogens is 2. The van der Waals surface area contributed by atoms with Gasteiger partial charge in [0.2, 0.25) is 0 Å². The number of rotatable bonds is 5. The maximum atomic E-state index is 11.7. The summed E-state index contributed by atoms with van der Waals surface area (Å²) in [6.45, 7) is 4.30. The number of benzene rings is 1. The Morgan fingerprint density at radius 3 is 2.76 bits per heavy atom. The van der Waals surface area contributed by atoms with Crippen molar-refractivity contribution in [1.29, 1.82) is 0 Å². The zero-order valence-electron chi connectivity index (χ0n) is 12.9. The SMILES string of the molecule is CC(C)Cc1cc(OCC(=O)N(C)C)c2[nH]nc(N)c2c1. The maximum absolute atomic E-state index is 11.7. The van der Waals surface area contributed by atoms with Crippen LogP contribution < -0.4 is 10.5 Å². The number of nitrogen functional groups attached to an aromatic ring is 1. The number of carbonyl (C=O) groups excluding carboxylic acids is 1. The first kappa shape index (κ1) is 15.2. The lowest BCUT2D eigenvalue weighted by molar-refractivity contribution is -0.130. The highest BCUT2D eigenvalue weighted by Crippen LogP contribution is 2.30.